The molecule has 0 aliphatic heterocycles. The molecule has 0 spiro atoms. The molecule has 1 aliphatic rings. The summed E-state index contributed by atoms with van der Waals surface area (Å²) in [6.45, 7) is 12.1. The molecule has 0 N–H and O–H groups in total. The van der Waals surface area contributed by atoms with E-state index in [4.69, 9.17) is 0 Å². The predicted octanol–water partition coefficient (Wildman–Crippen LogP) is 4.43. The molecule has 0 saturated heterocycles. The third kappa shape index (κ3) is 3.27. The number of thioether (sulfide) groups is 1. The maximum atomic E-state index is 4.05. The predicted molar refractivity (Wildman–Crippen MR) is 62.6 cm³/mol. The highest BCUT2D eigenvalue weighted by atomic mass is 32.2. The van der Waals surface area contributed by atoms with Gasteiger partial charge in [0, 0.05) is 4.91 Å². The summed E-state index contributed by atoms with van der Waals surface area (Å²) in [5, 5.41) is 0. The van der Waals surface area contributed by atoms with E-state index in [1.807, 2.05) is 6.92 Å². The smallest absolute Gasteiger partial charge is 0.00785 e. The summed E-state index contributed by atoms with van der Waals surface area (Å²) in [6.07, 6.45) is 6.66. The molecule has 0 bridgehead atoms. The average Bonchev–Trinajstić information content (AvgIpc) is 2.04. The normalized spacial score (nSPS) is 16.2. The second-order valence-corrected chi connectivity index (χ2v) is 4.83. The Bertz CT molecular complexity index is 292. The van der Waals surface area contributed by atoms with E-state index in [1.54, 1.807) is 11.8 Å². The van der Waals surface area contributed by atoms with Crippen LogP contribution in [0.4, 0.5) is 0 Å². The summed E-state index contributed by atoms with van der Waals surface area (Å²) < 4.78 is 0. The van der Waals surface area contributed by atoms with Crippen molar-refractivity contribution in [3.63, 3.8) is 0 Å². The van der Waals surface area contributed by atoms with Crippen LogP contribution in [-0.2, 0) is 0 Å². The number of rotatable bonds is 3. The standard InChI is InChI=1S/C12H16S/c1-9(2)13-11(4)12-7-5-10(3)6-8-12/h5,7H,1,4,6,8H2,2-3H3. The van der Waals surface area contributed by atoms with Crippen LogP contribution in [0, 0.1) is 0 Å². The lowest BCUT2D eigenvalue weighted by atomic mass is 10.00. The molecule has 0 fully saturated rings. The molecule has 0 atom stereocenters. The van der Waals surface area contributed by atoms with Crippen molar-refractivity contribution >= 4 is 11.8 Å². The van der Waals surface area contributed by atoms with E-state index in [2.05, 4.69) is 32.2 Å². The van der Waals surface area contributed by atoms with Crippen LogP contribution in [0.1, 0.15) is 26.7 Å². The van der Waals surface area contributed by atoms with Crippen LogP contribution >= 0.6 is 11.8 Å². The Morgan fingerprint density at radius 2 is 2.00 bits per heavy atom. The van der Waals surface area contributed by atoms with Crippen LogP contribution in [0.2, 0.25) is 0 Å². The molecule has 0 radical (unpaired) electrons. The molecule has 1 aliphatic carbocycles. The first-order valence-electron chi connectivity index (χ1n) is 4.48. The quantitative estimate of drug-likeness (QED) is 0.637. The van der Waals surface area contributed by atoms with Crippen molar-refractivity contribution in [2.45, 2.75) is 26.7 Å². The van der Waals surface area contributed by atoms with E-state index in [0.29, 0.717) is 0 Å². The fraction of sp³-hybridized carbons (Fsp3) is 0.333. The third-order valence-electron chi connectivity index (χ3n) is 2.01. The molecule has 0 amide bonds. The van der Waals surface area contributed by atoms with Gasteiger partial charge in [0.2, 0.25) is 0 Å². The molecule has 0 nitrogen and oxygen atoms in total. The monoisotopic (exact) mass is 192 g/mol. The summed E-state index contributed by atoms with van der Waals surface area (Å²) in [5.41, 5.74) is 2.82. The minimum atomic E-state index is 1.11. The van der Waals surface area contributed by atoms with Gasteiger partial charge in [-0.1, -0.05) is 42.6 Å². The molecule has 13 heavy (non-hydrogen) atoms. The third-order valence-corrected chi connectivity index (χ3v) is 2.87. The lowest BCUT2D eigenvalue weighted by Crippen LogP contribution is -1.91. The zero-order valence-electron chi connectivity index (χ0n) is 8.39. The highest BCUT2D eigenvalue weighted by molar-refractivity contribution is 8.06. The van der Waals surface area contributed by atoms with Gasteiger partial charge in [0.05, 0.1) is 0 Å². The Labute approximate surface area is 85.1 Å². The largest absolute Gasteiger partial charge is 0.0958 e. The number of hydrogen-bond donors (Lipinski definition) is 0. The van der Waals surface area contributed by atoms with Crippen LogP contribution in [0.5, 0.6) is 0 Å². The Morgan fingerprint density at radius 1 is 1.31 bits per heavy atom. The van der Waals surface area contributed by atoms with Gasteiger partial charge in [-0.2, -0.15) is 0 Å². The van der Waals surface area contributed by atoms with E-state index in [1.165, 1.54) is 17.6 Å². The maximum absolute atomic E-state index is 4.05. The maximum Gasteiger partial charge on any atom is 0.00785 e. The topological polar surface area (TPSA) is 0 Å². The second kappa shape index (κ2) is 4.52. The summed E-state index contributed by atoms with van der Waals surface area (Å²) in [7, 11) is 0. The van der Waals surface area contributed by atoms with Crippen molar-refractivity contribution in [2.75, 3.05) is 0 Å². The molecule has 0 unspecified atom stereocenters. The van der Waals surface area contributed by atoms with Crippen LogP contribution in [0.15, 0.2) is 46.3 Å². The number of hydrogen-bond acceptors (Lipinski definition) is 1. The minimum Gasteiger partial charge on any atom is -0.0958 e. The summed E-state index contributed by atoms with van der Waals surface area (Å²) in [5.74, 6) is 0. The van der Waals surface area contributed by atoms with Gasteiger partial charge in [0.15, 0.2) is 0 Å². The Balaban J connectivity index is 2.63. The van der Waals surface area contributed by atoms with Gasteiger partial charge < -0.3 is 0 Å². The molecule has 0 heterocycles. The molecule has 1 heteroatoms. The van der Waals surface area contributed by atoms with Crippen molar-refractivity contribution in [2.24, 2.45) is 0 Å². The van der Waals surface area contributed by atoms with Crippen LogP contribution in [0.3, 0.4) is 0 Å². The Kier molecular flexibility index (Phi) is 3.61. The zero-order valence-corrected chi connectivity index (χ0v) is 9.21. The summed E-state index contributed by atoms with van der Waals surface area (Å²) >= 11 is 1.68. The van der Waals surface area contributed by atoms with E-state index < -0.39 is 0 Å². The molecule has 1 rings (SSSR count). The van der Waals surface area contributed by atoms with Crippen molar-refractivity contribution in [1.82, 2.24) is 0 Å². The first-order chi connectivity index (χ1) is 6.09. The lowest BCUT2D eigenvalue weighted by molar-refractivity contribution is 0.925. The average molecular weight is 192 g/mol. The van der Waals surface area contributed by atoms with Gasteiger partial charge in [0.25, 0.3) is 0 Å². The van der Waals surface area contributed by atoms with Gasteiger partial charge in [-0.25, -0.2) is 0 Å². The van der Waals surface area contributed by atoms with E-state index in [9.17, 15) is 0 Å². The Hall–Kier alpha value is -0.690. The van der Waals surface area contributed by atoms with Crippen LogP contribution < -0.4 is 0 Å². The summed E-state index contributed by atoms with van der Waals surface area (Å²) in [6, 6.07) is 0. The minimum absolute atomic E-state index is 1.11. The molecule has 0 aromatic heterocycles. The van der Waals surface area contributed by atoms with Crippen molar-refractivity contribution in [1.29, 1.82) is 0 Å². The fourth-order valence-corrected chi connectivity index (χ4v) is 1.97. The second-order valence-electron chi connectivity index (χ2n) is 3.43. The van der Waals surface area contributed by atoms with Crippen LogP contribution in [-0.4, -0.2) is 0 Å². The Morgan fingerprint density at radius 3 is 2.46 bits per heavy atom. The van der Waals surface area contributed by atoms with Gasteiger partial charge >= 0.3 is 0 Å². The SMILES string of the molecule is C=C(C)SC(=C)C1=CC=C(C)CC1. The molecular weight excluding hydrogens is 176 g/mol. The van der Waals surface area contributed by atoms with E-state index >= 15 is 0 Å². The van der Waals surface area contributed by atoms with Crippen molar-refractivity contribution in [3.05, 3.63) is 46.3 Å². The van der Waals surface area contributed by atoms with Crippen molar-refractivity contribution in [3.8, 4) is 0 Å². The van der Waals surface area contributed by atoms with Gasteiger partial charge in [0.1, 0.15) is 0 Å². The number of allylic oxidation sites excluding steroid dienone is 5. The molecule has 0 aromatic carbocycles. The zero-order chi connectivity index (χ0) is 9.84. The molecule has 0 aromatic rings. The molecular formula is C12H16S. The fourth-order valence-electron chi connectivity index (χ4n) is 1.25. The highest BCUT2D eigenvalue weighted by Crippen LogP contribution is 2.32. The lowest BCUT2D eigenvalue weighted by Gasteiger charge is -2.13. The summed E-state index contributed by atoms with van der Waals surface area (Å²) in [4.78, 5) is 2.26. The molecule has 70 valence electrons. The van der Waals surface area contributed by atoms with Gasteiger partial charge in [-0.15, -0.1) is 0 Å². The van der Waals surface area contributed by atoms with E-state index in [0.717, 1.165) is 16.2 Å². The highest BCUT2D eigenvalue weighted by Gasteiger charge is 2.07. The first kappa shape index (κ1) is 10.4. The van der Waals surface area contributed by atoms with Crippen LogP contribution in [0.25, 0.3) is 0 Å². The first-order valence-corrected chi connectivity index (χ1v) is 5.30. The van der Waals surface area contributed by atoms with E-state index in [-0.39, 0.29) is 0 Å². The molecule has 0 saturated carbocycles. The van der Waals surface area contributed by atoms with Crippen molar-refractivity contribution < 1.29 is 0 Å². The van der Waals surface area contributed by atoms with Gasteiger partial charge in [-0.05, 0) is 37.2 Å². The van der Waals surface area contributed by atoms with Gasteiger partial charge in [-0.3, -0.25) is 0 Å².